The molecule has 0 aliphatic carbocycles. The highest BCUT2D eigenvalue weighted by Crippen LogP contribution is 2.08. The van der Waals surface area contributed by atoms with Crippen molar-refractivity contribution in [3.8, 4) is 0 Å². The maximum atomic E-state index is 12.1. The second kappa shape index (κ2) is 6.42. The molecule has 0 saturated heterocycles. The lowest BCUT2D eigenvalue weighted by atomic mass is 10.3. The molecule has 0 aliphatic rings. The summed E-state index contributed by atoms with van der Waals surface area (Å²) in [5.41, 5.74) is 7.20. The Morgan fingerprint density at radius 2 is 1.41 bits per heavy atom. The summed E-state index contributed by atoms with van der Waals surface area (Å²) in [6, 6.07) is 11.6. The minimum absolute atomic E-state index is 0.104. The maximum Gasteiger partial charge on any atom is 0.128 e. The molecule has 5 heteroatoms. The van der Waals surface area contributed by atoms with Crippen LogP contribution in [0.2, 0.25) is 0 Å². The van der Waals surface area contributed by atoms with Gasteiger partial charge in [-0.15, -0.1) is 4.48 Å². The van der Waals surface area contributed by atoms with Crippen molar-refractivity contribution < 1.29 is 13.3 Å². The van der Waals surface area contributed by atoms with Crippen molar-refractivity contribution >= 4 is 11.4 Å². The van der Waals surface area contributed by atoms with Crippen LogP contribution in [0.5, 0.6) is 0 Å². The molecule has 2 aromatic carbocycles. The SMILES string of the molecule is FNc1ccccc1.Nc1cc(F)cc(F)c1. The molecule has 2 aromatic rings. The highest BCUT2D eigenvalue weighted by atomic mass is 19.2. The Kier molecular flexibility index (Phi) is 4.87. The van der Waals surface area contributed by atoms with Gasteiger partial charge in [0.15, 0.2) is 0 Å². The molecule has 0 bridgehead atoms. The van der Waals surface area contributed by atoms with Gasteiger partial charge in [-0.05, 0) is 24.3 Å². The predicted octanol–water partition coefficient (Wildman–Crippen LogP) is 3.53. The van der Waals surface area contributed by atoms with Crippen molar-refractivity contribution in [1.29, 1.82) is 0 Å². The number of hydrogen-bond donors (Lipinski definition) is 2. The van der Waals surface area contributed by atoms with Gasteiger partial charge in [0.2, 0.25) is 0 Å². The van der Waals surface area contributed by atoms with E-state index >= 15 is 0 Å². The summed E-state index contributed by atoms with van der Waals surface area (Å²) in [6.45, 7) is 0. The summed E-state index contributed by atoms with van der Waals surface area (Å²) < 4.78 is 35.7. The molecular formula is C12H11F3N2. The highest BCUT2D eigenvalue weighted by Gasteiger charge is 1.94. The summed E-state index contributed by atoms with van der Waals surface area (Å²) >= 11 is 0. The Labute approximate surface area is 96.8 Å². The van der Waals surface area contributed by atoms with Gasteiger partial charge in [-0.25, -0.2) is 14.3 Å². The number of nitrogen functional groups attached to an aromatic ring is 1. The molecule has 0 spiro atoms. The molecule has 0 atom stereocenters. The topological polar surface area (TPSA) is 38.0 Å². The fourth-order valence-electron chi connectivity index (χ4n) is 1.08. The fraction of sp³-hybridized carbons (Fsp3) is 0. The van der Waals surface area contributed by atoms with Crippen LogP contribution in [0.3, 0.4) is 0 Å². The van der Waals surface area contributed by atoms with Crippen molar-refractivity contribution in [1.82, 2.24) is 0 Å². The Morgan fingerprint density at radius 1 is 0.882 bits per heavy atom. The zero-order chi connectivity index (χ0) is 12.7. The van der Waals surface area contributed by atoms with Crippen LogP contribution in [0.25, 0.3) is 0 Å². The molecule has 90 valence electrons. The van der Waals surface area contributed by atoms with Crippen LogP contribution in [0, 0.1) is 11.6 Å². The first-order valence-electron chi connectivity index (χ1n) is 4.75. The fourth-order valence-corrected chi connectivity index (χ4v) is 1.08. The lowest BCUT2D eigenvalue weighted by Gasteiger charge is -1.91. The van der Waals surface area contributed by atoms with Crippen LogP contribution in [-0.4, -0.2) is 0 Å². The third-order valence-corrected chi connectivity index (χ3v) is 1.77. The molecule has 2 rings (SSSR count). The van der Waals surface area contributed by atoms with E-state index in [1.165, 1.54) is 5.54 Å². The van der Waals surface area contributed by atoms with E-state index in [4.69, 9.17) is 5.73 Å². The largest absolute Gasteiger partial charge is 0.399 e. The Bertz CT molecular complexity index is 410. The van der Waals surface area contributed by atoms with Crippen molar-refractivity contribution in [3.63, 3.8) is 0 Å². The van der Waals surface area contributed by atoms with Crippen LogP contribution < -0.4 is 11.3 Å². The first-order chi connectivity index (χ1) is 8.11. The molecule has 0 aromatic heterocycles. The molecular weight excluding hydrogens is 229 g/mol. The van der Waals surface area contributed by atoms with Gasteiger partial charge in [-0.1, -0.05) is 18.2 Å². The molecule has 0 aliphatic heterocycles. The average Bonchev–Trinajstić information content (AvgIpc) is 2.29. The van der Waals surface area contributed by atoms with Crippen LogP contribution in [0.15, 0.2) is 48.5 Å². The molecule has 0 unspecified atom stereocenters. The van der Waals surface area contributed by atoms with Crippen molar-refractivity contribution in [2.75, 3.05) is 11.3 Å². The number of halogens is 3. The summed E-state index contributed by atoms with van der Waals surface area (Å²) in [7, 11) is 0. The quantitative estimate of drug-likeness (QED) is 0.591. The van der Waals surface area contributed by atoms with Gasteiger partial charge in [0.25, 0.3) is 0 Å². The third kappa shape index (κ3) is 4.92. The highest BCUT2D eigenvalue weighted by molar-refractivity contribution is 5.39. The first kappa shape index (κ1) is 12.9. The third-order valence-electron chi connectivity index (χ3n) is 1.77. The Morgan fingerprint density at radius 3 is 1.76 bits per heavy atom. The summed E-state index contributed by atoms with van der Waals surface area (Å²) in [5.74, 6) is -1.29. The van der Waals surface area contributed by atoms with Crippen LogP contribution >= 0.6 is 0 Å². The van der Waals surface area contributed by atoms with Gasteiger partial charge in [-0.2, -0.15) is 0 Å². The normalized spacial score (nSPS) is 9.12. The number of hydrogen-bond acceptors (Lipinski definition) is 2. The zero-order valence-corrected chi connectivity index (χ0v) is 8.83. The lowest BCUT2D eigenvalue weighted by Crippen LogP contribution is -1.87. The number of anilines is 2. The van der Waals surface area contributed by atoms with Gasteiger partial charge in [0.1, 0.15) is 11.6 Å². The average molecular weight is 240 g/mol. The smallest absolute Gasteiger partial charge is 0.128 e. The number of nitrogens with two attached hydrogens (primary N) is 1. The van der Waals surface area contributed by atoms with Gasteiger partial charge in [-0.3, -0.25) is 0 Å². The predicted molar refractivity (Wildman–Crippen MR) is 61.9 cm³/mol. The van der Waals surface area contributed by atoms with Crippen molar-refractivity contribution in [2.24, 2.45) is 0 Å². The minimum Gasteiger partial charge on any atom is -0.399 e. The van der Waals surface area contributed by atoms with Gasteiger partial charge in [0, 0.05) is 11.8 Å². The lowest BCUT2D eigenvalue weighted by molar-refractivity contribution is 0.584. The van der Waals surface area contributed by atoms with Crippen LogP contribution in [-0.2, 0) is 0 Å². The van der Waals surface area contributed by atoms with E-state index in [9.17, 15) is 13.3 Å². The van der Waals surface area contributed by atoms with Crippen LogP contribution in [0.4, 0.5) is 24.6 Å². The van der Waals surface area contributed by atoms with Gasteiger partial charge < -0.3 is 5.73 Å². The Hall–Kier alpha value is -2.17. The molecule has 3 N–H and O–H groups in total. The van der Waals surface area contributed by atoms with Crippen molar-refractivity contribution in [2.45, 2.75) is 0 Å². The van der Waals surface area contributed by atoms with E-state index in [0.717, 1.165) is 18.2 Å². The second-order valence-corrected chi connectivity index (χ2v) is 3.16. The molecule has 0 heterocycles. The van der Waals surface area contributed by atoms with E-state index in [2.05, 4.69) is 0 Å². The van der Waals surface area contributed by atoms with E-state index in [1.807, 2.05) is 6.07 Å². The minimum atomic E-state index is -0.646. The Balaban J connectivity index is 0.000000171. The standard InChI is InChI=1S/C6H5F2N.C6H6FN/c7-4-1-5(8)3-6(9)2-4;7-8-6-4-2-1-3-5-6/h1-3H,9H2;1-5,8H. The van der Waals surface area contributed by atoms with Gasteiger partial charge in [0.05, 0.1) is 5.69 Å². The maximum absolute atomic E-state index is 12.1. The molecule has 0 amide bonds. The van der Waals surface area contributed by atoms with E-state index < -0.39 is 11.6 Å². The molecule has 17 heavy (non-hydrogen) atoms. The number of rotatable bonds is 1. The number of para-hydroxylation sites is 1. The molecule has 2 nitrogen and oxygen atoms in total. The number of benzene rings is 2. The monoisotopic (exact) mass is 240 g/mol. The first-order valence-corrected chi connectivity index (χ1v) is 4.75. The van der Waals surface area contributed by atoms with E-state index in [1.54, 1.807) is 24.3 Å². The van der Waals surface area contributed by atoms with Crippen molar-refractivity contribution in [3.05, 3.63) is 60.2 Å². The van der Waals surface area contributed by atoms with Gasteiger partial charge >= 0.3 is 0 Å². The molecule has 0 fully saturated rings. The molecule has 0 radical (unpaired) electrons. The molecule has 0 saturated carbocycles. The summed E-state index contributed by atoms with van der Waals surface area (Å²) in [5, 5.41) is 0. The zero-order valence-electron chi connectivity index (χ0n) is 8.83. The number of nitrogens with one attached hydrogen (secondary N) is 1. The summed E-state index contributed by atoms with van der Waals surface area (Å²) in [4.78, 5) is 0. The van der Waals surface area contributed by atoms with Crippen LogP contribution in [0.1, 0.15) is 0 Å². The van der Waals surface area contributed by atoms with E-state index in [-0.39, 0.29) is 5.69 Å². The second-order valence-electron chi connectivity index (χ2n) is 3.16. The summed E-state index contributed by atoms with van der Waals surface area (Å²) in [6.07, 6.45) is 0. The van der Waals surface area contributed by atoms with E-state index in [0.29, 0.717) is 5.69 Å².